The minimum Gasteiger partial charge on any atom is -0.481 e. The summed E-state index contributed by atoms with van der Waals surface area (Å²) in [5.41, 5.74) is -0.641. The van der Waals surface area contributed by atoms with Crippen LogP contribution in [0.3, 0.4) is 0 Å². The number of carboxylic acids is 1. The van der Waals surface area contributed by atoms with E-state index < -0.39 is 11.4 Å². The van der Waals surface area contributed by atoms with E-state index in [2.05, 4.69) is 4.74 Å². The molecule has 0 aliphatic heterocycles. The zero-order valence-corrected chi connectivity index (χ0v) is 10.1. The van der Waals surface area contributed by atoms with Crippen molar-refractivity contribution < 1.29 is 24.2 Å². The van der Waals surface area contributed by atoms with Crippen LogP contribution in [0.2, 0.25) is 0 Å². The molecule has 0 fully saturated rings. The van der Waals surface area contributed by atoms with Gasteiger partial charge in [0.05, 0.1) is 19.1 Å². The quantitative estimate of drug-likeness (QED) is 0.506. The molecule has 1 atom stereocenters. The van der Waals surface area contributed by atoms with Crippen LogP contribution in [-0.4, -0.2) is 37.4 Å². The van der Waals surface area contributed by atoms with Crippen molar-refractivity contribution in [3.05, 3.63) is 0 Å². The molecule has 0 saturated carbocycles. The van der Waals surface area contributed by atoms with Gasteiger partial charge in [-0.3, -0.25) is 9.59 Å². The number of carbonyl (C=O) groups is 2. The summed E-state index contributed by atoms with van der Waals surface area (Å²) < 4.78 is 9.99. The number of rotatable bonds is 8. The lowest BCUT2D eigenvalue weighted by Crippen LogP contribution is -2.33. The molecule has 0 rings (SSSR count). The highest BCUT2D eigenvalue weighted by molar-refractivity contribution is 5.76. The summed E-state index contributed by atoms with van der Waals surface area (Å²) in [6.45, 7) is 4.27. The van der Waals surface area contributed by atoms with E-state index >= 15 is 0 Å². The van der Waals surface area contributed by atoms with Gasteiger partial charge in [0.1, 0.15) is 0 Å². The topological polar surface area (TPSA) is 72.8 Å². The lowest BCUT2D eigenvalue weighted by molar-refractivity contribution is -0.156. The second-order valence-electron chi connectivity index (χ2n) is 3.96. The predicted octanol–water partition coefficient (Wildman–Crippen LogP) is 1.46. The van der Waals surface area contributed by atoms with Crippen molar-refractivity contribution in [2.45, 2.75) is 33.1 Å². The number of ether oxygens (including phenoxy) is 2. The SMILES string of the molecule is CCC(C)(COCCCC(=O)O)C(=O)OC. The highest BCUT2D eigenvalue weighted by Crippen LogP contribution is 2.23. The maximum absolute atomic E-state index is 11.4. The lowest BCUT2D eigenvalue weighted by atomic mass is 9.89. The molecule has 1 N–H and O–H groups in total. The minimum atomic E-state index is -0.838. The molecule has 0 aromatic heterocycles. The Morgan fingerprint density at radius 1 is 1.38 bits per heavy atom. The fraction of sp³-hybridized carbons (Fsp3) is 0.818. The van der Waals surface area contributed by atoms with Gasteiger partial charge in [0.25, 0.3) is 0 Å². The van der Waals surface area contributed by atoms with Gasteiger partial charge in [0, 0.05) is 13.0 Å². The lowest BCUT2D eigenvalue weighted by Gasteiger charge is -2.24. The summed E-state index contributed by atoms with van der Waals surface area (Å²) in [6.07, 6.45) is 1.16. The first-order valence-corrected chi connectivity index (χ1v) is 5.34. The minimum absolute atomic E-state index is 0.0844. The summed E-state index contributed by atoms with van der Waals surface area (Å²) in [5.74, 6) is -1.14. The Hall–Kier alpha value is -1.10. The maximum Gasteiger partial charge on any atom is 0.313 e. The van der Waals surface area contributed by atoms with Gasteiger partial charge in [0.2, 0.25) is 0 Å². The number of carbonyl (C=O) groups excluding carboxylic acids is 1. The highest BCUT2D eigenvalue weighted by atomic mass is 16.5. The standard InChI is InChI=1S/C11H20O5/c1-4-11(2,10(14)15-3)8-16-7-5-6-9(12)13/h4-8H2,1-3H3,(H,12,13). The van der Waals surface area contributed by atoms with E-state index in [0.717, 1.165) is 0 Å². The van der Waals surface area contributed by atoms with Crippen molar-refractivity contribution in [1.29, 1.82) is 0 Å². The van der Waals surface area contributed by atoms with Gasteiger partial charge in [0.15, 0.2) is 0 Å². The molecule has 5 heteroatoms. The first-order valence-electron chi connectivity index (χ1n) is 5.34. The van der Waals surface area contributed by atoms with Crippen LogP contribution < -0.4 is 0 Å². The van der Waals surface area contributed by atoms with Crippen LogP contribution in [0.5, 0.6) is 0 Å². The van der Waals surface area contributed by atoms with Gasteiger partial charge >= 0.3 is 11.9 Å². The molecule has 0 saturated heterocycles. The van der Waals surface area contributed by atoms with E-state index in [9.17, 15) is 9.59 Å². The highest BCUT2D eigenvalue weighted by Gasteiger charge is 2.32. The van der Waals surface area contributed by atoms with Crippen molar-refractivity contribution >= 4 is 11.9 Å². The molecule has 5 nitrogen and oxygen atoms in total. The molecular weight excluding hydrogens is 212 g/mol. The smallest absolute Gasteiger partial charge is 0.313 e. The summed E-state index contributed by atoms with van der Waals surface area (Å²) in [6, 6.07) is 0. The molecule has 0 aliphatic rings. The van der Waals surface area contributed by atoms with Gasteiger partial charge < -0.3 is 14.6 Å². The Kier molecular flexibility index (Phi) is 6.72. The van der Waals surface area contributed by atoms with E-state index in [1.165, 1.54) is 7.11 Å². The second kappa shape index (κ2) is 7.22. The maximum atomic E-state index is 11.4. The van der Waals surface area contributed by atoms with Crippen molar-refractivity contribution in [2.24, 2.45) is 5.41 Å². The number of methoxy groups -OCH3 is 1. The third-order valence-electron chi connectivity index (χ3n) is 2.56. The Morgan fingerprint density at radius 2 is 2.00 bits per heavy atom. The van der Waals surface area contributed by atoms with Crippen molar-refractivity contribution in [3.63, 3.8) is 0 Å². The van der Waals surface area contributed by atoms with Crippen LogP contribution in [-0.2, 0) is 19.1 Å². The molecular formula is C11H20O5. The average molecular weight is 232 g/mol. The Balaban J connectivity index is 3.87. The zero-order chi connectivity index (χ0) is 12.6. The van der Waals surface area contributed by atoms with Gasteiger partial charge in [-0.1, -0.05) is 6.92 Å². The molecule has 0 aliphatic carbocycles. The van der Waals surface area contributed by atoms with Gasteiger partial charge in [-0.05, 0) is 19.8 Å². The van der Waals surface area contributed by atoms with Crippen LogP contribution in [0.25, 0.3) is 0 Å². The number of hydrogen-bond acceptors (Lipinski definition) is 4. The molecule has 0 heterocycles. The number of aliphatic carboxylic acids is 1. The van der Waals surface area contributed by atoms with Gasteiger partial charge in [-0.25, -0.2) is 0 Å². The van der Waals surface area contributed by atoms with E-state index in [1.807, 2.05) is 6.92 Å². The Bertz CT molecular complexity index is 239. The third-order valence-corrected chi connectivity index (χ3v) is 2.56. The van der Waals surface area contributed by atoms with Crippen LogP contribution in [0, 0.1) is 5.41 Å². The zero-order valence-electron chi connectivity index (χ0n) is 10.1. The third kappa shape index (κ3) is 5.11. The average Bonchev–Trinajstić information content (AvgIpc) is 2.26. The molecule has 0 spiro atoms. The van der Waals surface area contributed by atoms with Crippen LogP contribution >= 0.6 is 0 Å². The molecule has 16 heavy (non-hydrogen) atoms. The molecule has 1 unspecified atom stereocenters. The van der Waals surface area contributed by atoms with E-state index in [0.29, 0.717) is 19.4 Å². The van der Waals surface area contributed by atoms with Crippen molar-refractivity contribution in [3.8, 4) is 0 Å². The summed E-state index contributed by atoms with van der Waals surface area (Å²) in [7, 11) is 1.35. The first-order chi connectivity index (χ1) is 7.46. The van der Waals surface area contributed by atoms with E-state index in [1.54, 1.807) is 6.92 Å². The van der Waals surface area contributed by atoms with Crippen LogP contribution in [0.4, 0.5) is 0 Å². The Labute approximate surface area is 95.7 Å². The summed E-state index contributed by atoms with van der Waals surface area (Å²) in [4.78, 5) is 21.7. The number of hydrogen-bond donors (Lipinski definition) is 1. The second-order valence-corrected chi connectivity index (χ2v) is 3.96. The fourth-order valence-electron chi connectivity index (χ4n) is 1.17. The van der Waals surface area contributed by atoms with Crippen molar-refractivity contribution in [1.82, 2.24) is 0 Å². The molecule has 0 aromatic carbocycles. The number of carboxylic acid groups (broad SMARTS) is 1. The fourth-order valence-corrected chi connectivity index (χ4v) is 1.17. The van der Waals surface area contributed by atoms with Gasteiger partial charge in [-0.2, -0.15) is 0 Å². The number of esters is 1. The van der Waals surface area contributed by atoms with Gasteiger partial charge in [-0.15, -0.1) is 0 Å². The first kappa shape index (κ1) is 14.9. The summed E-state index contributed by atoms with van der Waals surface area (Å²) >= 11 is 0. The largest absolute Gasteiger partial charge is 0.481 e. The van der Waals surface area contributed by atoms with Crippen LogP contribution in [0.1, 0.15) is 33.1 Å². The predicted molar refractivity (Wildman–Crippen MR) is 58.1 cm³/mol. The van der Waals surface area contributed by atoms with Crippen LogP contribution in [0.15, 0.2) is 0 Å². The Morgan fingerprint density at radius 3 is 2.44 bits per heavy atom. The van der Waals surface area contributed by atoms with E-state index in [4.69, 9.17) is 9.84 Å². The monoisotopic (exact) mass is 232 g/mol. The molecule has 0 aromatic rings. The molecule has 0 bridgehead atoms. The molecule has 0 amide bonds. The normalized spacial score (nSPS) is 14.2. The van der Waals surface area contributed by atoms with E-state index in [-0.39, 0.29) is 19.0 Å². The molecule has 0 radical (unpaired) electrons. The summed E-state index contributed by atoms with van der Waals surface area (Å²) in [5, 5.41) is 8.42. The molecule has 94 valence electrons. The van der Waals surface area contributed by atoms with Crippen molar-refractivity contribution in [2.75, 3.05) is 20.3 Å².